The van der Waals surface area contributed by atoms with Gasteiger partial charge in [0.1, 0.15) is 6.20 Å². The fourth-order valence-corrected chi connectivity index (χ4v) is 1.84. The molecule has 0 radical (unpaired) electrons. The highest BCUT2D eigenvalue weighted by molar-refractivity contribution is 5.56. The fourth-order valence-electron chi connectivity index (χ4n) is 1.84. The van der Waals surface area contributed by atoms with Crippen LogP contribution in [-0.4, -0.2) is 34.6 Å². The maximum Gasteiger partial charge on any atom is 0.329 e. The van der Waals surface area contributed by atoms with Gasteiger partial charge in [-0.05, 0) is 18.8 Å². The maximum absolute atomic E-state index is 10.8. The van der Waals surface area contributed by atoms with Gasteiger partial charge in [-0.15, -0.1) is 0 Å². The van der Waals surface area contributed by atoms with Gasteiger partial charge in [0.05, 0.1) is 4.92 Å². The number of anilines is 2. The molecule has 8 nitrogen and oxygen atoms in total. The van der Waals surface area contributed by atoms with Gasteiger partial charge in [-0.25, -0.2) is 4.98 Å². The Morgan fingerprint density at radius 2 is 2.28 bits per heavy atom. The molecule has 1 aromatic rings. The average Bonchev–Trinajstić information content (AvgIpc) is 2.37. The van der Waals surface area contributed by atoms with E-state index in [0.717, 1.165) is 32.3 Å². The van der Waals surface area contributed by atoms with Crippen LogP contribution in [0.2, 0.25) is 0 Å². The van der Waals surface area contributed by atoms with Crippen LogP contribution in [0.25, 0.3) is 0 Å². The van der Waals surface area contributed by atoms with Crippen LogP contribution in [-0.2, 0) is 4.74 Å². The van der Waals surface area contributed by atoms with E-state index in [9.17, 15) is 10.1 Å². The minimum Gasteiger partial charge on any atom is -0.381 e. The molecule has 0 saturated carbocycles. The van der Waals surface area contributed by atoms with Crippen LogP contribution in [0.15, 0.2) is 6.20 Å². The van der Waals surface area contributed by atoms with E-state index in [4.69, 9.17) is 10.5 Å². The van der Waals surface area contributed by atoms with Crippen molar-refractivity contribution in [2.24, 2.45) is 5.92 Å². The van der Waals surface area contributed by atoms with Crippen LogP contribution in [0.1, 0.15) is 12.8 Å². The number of aromatic nitrogens is 2. The van der Waals surface area contributed by atoms with Crippen LogP contribution in [0, 0.1) is 16.0 Å². The second kappa shape index (κ2) is 5.58. The lowest BCUT2D eigenvalue weighted by molar-refractivity contribution is -0.384. The van der Waals surface area contributed by atoms with Crippen molar-refractivity contribution in [2.45, 2.75) is 12.8 Å². The van der Waals surface area contributed by atoms with Gasteiger partial charge in [-0.1, -0.05) is 0 Å². The van der Waals surface area contributed by atoms with Gasteiger partial charge in [0.2, 0.25) is 11.8 Å². The molecule has 0 bridgehead atoms. The van der Waals surface area contributed by atoms with Crippen molar-refractivity contribution in [1.29, 1.82) is 0 Å². The lowest BCUT2D eigenvalue weighted by atomic mass is 10.0. The summed E-state index contributed by atoms with van der Waals surface area (Å²) in [6.07, 6.45) is 3.01. The first-order valence-corrected chi connectivity index (χ1v) is 5.75. The van der Waals surface area contributed by atoms with Crippen molar-refractivity contribution < 1.29 is 9.66 Å². The molecule has 0 spiro atoms. The van der Waals surface area contributed by atoms with Crippen molar-refractivity contribution in [3.63, 3.8) is 0 Å². The molecule has 3 N–H and O–H groups in total. The Labute approximate surface area is 104 Å². The Morgan fingerprint density at radius 1 is 1.56 bits per heavy atom. The van der Waals surface area contributed by atoms with Gasteiger partial charge in [-0.2, -0.15) is 4.98 Å². The first-order chi connectivity index (χ1) is 8.66. The van der Waals surface area contributed by atoms with Gasteiger partial charge >= 0.3 is 5.69 Å². The molecule has 0 aliphatic carbocycles. The zero-order valence-electron chi connectivity index (χ0n) is 9.83. The van der Waals surface area contributed by atoms with Gasteiger partial charge in [0.15, 0.2) is 0 Å². The van der Waals surface area contributed by atoms with Gasteiger partial charge in [0.25, 0.3) is 0 Å². The summed E-state index contributed by atoms with van der Waals surface area (Å²) in [5.41, 5.74) is 5.28. The lowest BCUT2D eigenvalue weighted by Gasteiger charge is -2.22. The van der Waals surface area contributed by atoms with E-state index in [0.29, 0.717) is 12.5 Å². The quantitative estimate of drug-likeness (QED) is 0.602. The van der Waals surface area contributed by atoms with Crippen LogP contribution < -0.4 is 11.1 Å². The zero-order chi connectivity index (χ0) is 13.0. The van der Waals surface area contributed by atoms with E-state index in [1.165, 1.54) is 0 Å². The Balaban J connectivity index is 2.03. The molecule has 1 aliphatic rings. The van der Waals surface area contributed by atoms with E-state index in [1.54, 1.807) is 0 Å². The van der Waals surface area contributed by atoms with Crippen LogP contribution in [0.4, 0.5) is 17.5 Å². The average molecular weight is 253 g/mol. The highest BCUT2D eigenvalue weighted by Crippen LogP contribution is 2.22. The number of hydrogen-bond donors (Lipinski definition) is 2. The highest BCUT2D eigenvalue weighted by atomic mass is 16.6. The summed E-state index contributed by atoms with van der Waals surface area (Å²) in [4.78, 5) is 17.8. The third kappa shape index (κ3) is 3.04. The van der Waals surface area contributed by atoms with Crippen molar-refractivity contribution in [2.75, 3.05) is 30.8 Å². The third-order valence-electron chi connectivity index (χ3n) is 2.88. The summed E-state index contributed by atoms with van der Waals surface area (Å²) < 4.78 is 5.25. The molecular weight excluding hydrogens is 238 g/mol. The highest BCUT2D eigenvalue weighted by Gasteiger charge is 2.19. The molecule has 0 unspecified atom stereocenters. The van der Waals surface area contributed by atoms with Crippen LogP contribution in [0.5, 0.6) is 0 Å². The molecule has 1 saturated heterocycles. The van der Waals surface area contributed by atoms with Gasteiger partial charge in [0, 0.05) is 19.8 Å². The second-order valence-electron chi connectivity index (χ2n) is 4.16. The minimum absolute atomic E-state index is 0.0232. The molecule has 1 fully saturated rings. The summed E-state index contributed by atoms with van der Waals surface area (Å²) in [5, 5.41) is 13.8. The molecule has 2 heterocycles. The van der Waals surface area contributed by atoms with Gasteiger partial charge < -0.3 is 15.8 Å². The Hall–Kier alpha value is -1.96. The number of rotatable bonds is 4. The molecular formula is C10H15N5O3. The standard InChI is InChI=1S/C10H15N5O3/c11-10-13-6-8(15(16)17)9(14-10)12-5-7-1-3-18-4-2-7/h6-7H,1-5H2,(H3,11,12,13,14). The monoisotopic (exact) mass is 253 g/mol. The molecule has 8 heteroatoms. The molecule has 0 atom stereocenters. The third-order valence-corrected chi connectivity index (χ3v) is 2.88. The van der Waals surface area contributed by atoms with Crippen molar-refractivity contribution in [3.05, 3.63) is 16.3 Å². The first kappa shape index (κ1) is 12.5. The number of nitro groups is 1. The van der Waals surface area contributed by atoms with Crippen molar-refractivity contribution in [3.8, 4) is 0 Å². The second-order valence-corrected chi connectivity index (χ2v) is 4.16. The van der Waals surface area contributed by atoms with E-state index < -0.39 is 4.92 Å². The predicted molar refractivity (Wildman–Crippen MR) is 65.1 cm³/mol. The number of nitrogens with one attached hydrogen (secondary N) is 1. The lowest BCUT2D eigenvalue weighted by Crippen LogP contribution is -2.23. The smallest absolute Gasteiger partial charge is 0.329 e. The number of nitrogens with zero attached hydrogens (tertiary/aromatic N) is 3. The molecule has 2 rings (SSSR count). The largest absolute Gasteiger partial charge is 0.381 e. The number of hydrogen-bond acceptors (Lipinski definition) is 7. The Morgan fingerprint density at radius 3 is 2.94 bits per heavy atom. The molecule has 0 aromatic carbocycles. The summed E-state index contributed by atoms with van der Waals surface area (Å²) in [7, 11) is 0. The van der Waals surface area contributed by atoms with E-state index in [-0.39, 0.29) is 17.5 Å². The molecule has 0 amide bonds. The number of ether oxygens (including phenoxy) is 1. The Kier molecular flexibility index (Phi) is 3.88. The van der Waals surface area contributed by atoms with Crippen LogP contribution >= 0.6 is 0 Å². The topological polar surface area (TPSA) is 116 Å². The normalized spacial score (nSPS) is 16.4. The van der Waals surface area contributed by atoms with Crippen molar-refractivity contribution >= 4 is 17.5 Å². The number of nitrogens with two attached hydrogens (primary N) is 1. The maximum atomic E-state index is 10.8. The SMILES string of the molecule is Nc1ncc([N+](=O)[O-])c(NCC2CCOCC2)n1. The molecule has 1 aromatic heterocycles. The fraction of sp³-hybridized carbons (Fsp3) is 0.600. The summed E-state index contributed by atoms with van der Waals surface area (Å²) in [6.45, 7) is 2.10. The van der Waals surface area contributed by atoms with Crippen molar-refractivity contribution in [1.82, 2.24) is 9.97 Å². The summed E-state index contributed by atoms with van der Waals surface area (Å²) >= 11 is 0. The van der Waals surface area contributed by atoms with Gasteiger partial charge in [-0.3, -0.25) is 10.1 Å². The number of nitrogen functional groups attached to an aromatic ring is 1. The van der Waals surface area contributed by atoms with E-state index in [1.807, 2.05) is 0 Å². The zero-order valence-corrected chi connectivity index (χ0v) is 9.83. The minimum atomic E-state index is -0.522. The summed E-state index contributed by atoms with van der Waals surface area (Å²) in [6, 6.07) is 0. The van der Waals surface area contributed by atoms with Crippen LogP contribution in [0.3, 0.4) is 0 Å². The van der Waals surface area contributed by atoms with E-state index in [2.05, 4.69) is 15.3 Å². The first-order valence-electron chi connectivity index (χ1n) is 5.75. The molecule has 18 heavy (non-hydrogen) atoms. The predicted octanol–water partition coefficient (Wildman–Crippen LogP) is 0.805. The molecule has 1 aliphatic heterocycles. The summed E-state index contributed by atoms with van der Waals surface area (Å²) in [5.74, 6) is 0.642. The van der Waals surface area contributed by atoms with E-state index >= 15 is 0 Å². The molecule has 98 valence electrons. The Bertz CT molecular complexity index is 434.